The lowest BCUT2D eigenvalue weighted by Gasteiger charge is -2.34. The molecule has 138 valence electrons. The SMILES string of the molecule is CC(C)(C)OC(=O)N1CCC[C@@H](CN[C@@H](C(N)=O)c2ccccc2)C1. The van der Waals surface area contributed by atoms with Gasteiger partial charge in [-0.25, -0.2) is 4.79 Å². The van der Waals surface area contributed by atoms with Crippen LogP contribution in [0.5, 0.6) is 0 Å². The fraction of sp³-hybridized carbons (Fsp3) is 0.579. The number of ether oxygens (including phenoxy) is 1. The second-order valence-electron chi connectivity index (χ2n) is 7.59. The van der Waals surface area contributed by atoms with E-state index in [1.54, 1.807) is 4.90 Å². The van der Waals surface area contributed by atoms with E-state index in [2.05, 4.69) is 5.32 Å². The summed E-state index contributed by atoms with van der Waals surface area (Å²) in [5.41, 5.74) is 5.91. The molecule has 1 aromatic carbocycles. The van der Waals surface area contributed by atoms with Crippen LogP contribution >= 0.6 is 0 Å². The fourth-order valence-corrected chi connectivity index (χ4v) is 3.04. The Labute approximate surface area is 149 Å². The summed E-state index contributed by atoms with van der Waals surface area (Å²) in [4.78, 5) is 25.8. The maximum Gasteiger partial charge on any atom is 0.410 e. The lowest BCUT2D eigenvalue weighted by Crippen LogP contribution is -2.46. The molecular formula is C19H29N3O3. The molecule has 2 atom stereocenters. The molecule has 3 N–H and O–H groups in total. The molecule has 1 aliphatic rings. The Balaban J connectivity index is 1.91. The van der Waals surface area contributed by atoms with Crippen LogP contribution in [-0.2, 0) is 9.53 Å². The smallest absolute Gasteiger partial charge is 0.410 e. The van der Waals surface area contributed by atoms with Gasteiger partial charge in [0, 0.05) is 19.6 Å². The molecule has 2 amide bonds. The van der Waals surface area contributed by atoms with Gasteiger partial charge in [-0.05, 0) is 45.1 Å². The summed E-state index contributed by atoms with van der Waals surface area (Å²) in [5, 5.41) is 3.26. The number of carbonyl (C=O) groups is 2. The van der Waals surface area contributed by atoms with Crippen molar-refractivity contribution in [3.63, 3.8) is 0 Å². The normalized spacial score (nSPS) is 19.3. The summed E-state index contributed by atoms with van der Waals surface area (Å²) in [6.07, 6.45) is 1.66. The second kappa shape index (κ2) is 8.34. The molecule has 1 saturated heterocycles. The molecule has 25 heavy (non-hydrogen) atoms. The monoisotopic (exact) mass is 347 g/mol. The second-order valence-corrected chi connectivity index (χ2v) is 7.59. The van der Waals surface area contributed by atoms with Crippen LogP contribution in [0.3, 0.4) is 0 Å². The topological polar surface area (TPSA) is 84.7 Å². The highest BCUT2D eigenvalue weighted by Crippen LogP contribution is 2.20. The zero-order valence-corrected chi connectivity index (χ0v) is 15.3. The Bertz CT molecular complexity index is 583. The Morgan fingerprint density at radius 3 is 2.60 bits per heavy atom. The minimum atomic E-state index is -0.516. The summed E-state index contributed by atoms with van der Waals surface area (Å²) in [6.45, 7) is 7.56. The van der Waals surface area contributed by atoms with Gasteiger partial charge in [-0.1, -0.05) is 30.3 Å². The van der Waals surface area contributed by atoms with Gasteiger partial charge in [-0.15, -0.1) is 0 Å². The van der Waals surface area contributed by atoms with Gasteiger partial charge < -0.3 is 20.7 Å². The maximum atomic E-state index is 12.2. The van der Waals surface area contributed by atoms with Gasteiger partial charge in [0.05, 0.1) is 0 Å². The fourth-order valence-electron chi connectivity index (χ4n) is 3.04. The molecule has 1 heterocycles. The van der Waals surface area contributed by atoms with Crippen molar-refractivity contribution in [3.8, 4) is 0 Å². The average molecular weight is 347 g/mol. The predicted molar refractivity (Wildman–Crippen MR) is 96.9 cm³/mol. The van der Waals surface area contributed by atoms with Crippen LogP contribution in [0.15, 0.2) is 30.3 Å². The van der Waals surface area contributed by atoms with Crippen molar-refractivity contribution in [3.05, 3.63) is 35.9 Å². The summed E-state index contributed by atoms with van der Waals surface area (Å²) in [5.74, 6) is -0.127. The number of hydrogen-bond acceptors (Lipinski definition) is 4. The first-order valence-corrected chi connectivity index (χ1v) is 8.82. The average Bonchev–Trinajstić information content (AvgIpc) is 2.54. The molecule has 0 aliphatic carbocycles. The number of hydrogen-bond donors (Lipinski definition) is 2. The van der Waals surface area contributed by atoms with Gasteiger partial charge in [0.2, 0.25) is 5.91 Å². The summed E-state index contributed by atoms with van der Waals surface area (Å²) < 4.78 is 5.45. The van der Waals surface area contributed by atoms with Crippen LogP contribution in [0.2, 0.25) is 0 Å². The molecule has 0 radical (unpaired) electrons. The Morgan fingerprint density at radius 1 is 1.32 bits per heavy atom. The maximum absolute atomic E-state index is 12.2. The van der Waals surface area contributed by atoms with Gasteiger partial charge in [0.25, 0.3) is 0 Å². The highest BCUT2D eigenvalue weighted by molar-refractivity contribution is 5.81. The van der Waals surface area contributed by atoms with Crippen molar-refractivity contribution in [1.29, 1.82) is 0 Å². The van der Waals surface area contributed by atoms with E-state index >= 15 is 0 Å². The Hall–Kier alpha value is -2.08. The number of carbonyl (C=O) groups excluding carboxylic acids is 2. The van der Waals surface area contributed by atoms with Crippen LogP contribution in [0.25, 0.3) is 0 Å². The Morgan fingerprint density at radius 2 is 2.00 bits per heavy atom. The van der Waals surface area contributed by atoms with Crippen molar-refractivity contribution in [2.75, 3.05) is 19.6 Å². The molecule has 0 unspecified atom stereocenters. The standard InChI is InChI=1S/C19H29N3O3/c1-19(2,3)25-18(24)22-11-7-8-14(13-22)12-21-16(17(20)23)15-9-5-4-6-10-15/h4-6,9-10,14,16,21H,7-8,11-13H2,1-3H3,(H2,20,23)/t14-,16+/m0/s1. The summed E-state index contributed by atoms with van der Waals surface area (Å²) in [7, 11) is 0. The molecule has 2 rings (SSSR count). The molecule has 1 aliphatic heterocycles. The van der Waals surface area contributed by atoms with Crippen molar-refractivity contribution < 1.29 is 14.3 Å². The lowest BCUT2D eigenvalue weighted by molar-refractivity contribution is -0.120. The van der Waals surface area contributed by atoms with Crippen LogP contribution < -0.4 is 11.1 Å². The van der Waals surface area contributed by atoms with E-state index in [0.29, 0.717) is 19.6 Å². The first kappa shape index (κ1) is 19.2. The molecule has 6 heteroatoms. The highest BCUT2D eigenvalue weighted by atomic mass is 16.6. The minimum absolute atomic E-state index is 0.270. The third-order valence-corrected chi connectivity index (χ3v) is 4.20. The van der Waals surface area contributed by atoms with Crippen LogP contribution in [0, 0.1) is 5.92 Å². The summed E-state index contributed by atoms with van der Waals surface area (Å²) >= 11 is 0. The van der Waals surface area contributed by atoms with Crippen molar-refractivity contribution in [2.45, 2.75) is 45.3 Å². The van der Waals surface area contributed by atoms with Gasteiger partial charge in [0.1, 0.15) is 11.6 Å². The van der Waals surface area contributed by atoms with E-state index in [0.717, 1.165) is 18.4 Å². The molecule has 1 aromatic rings. The number of primary amides is 1. The number of piperidine rings is 1. The van der Waals surface area contributed by atoms with E-state index in [1.165, 1.54) is 0 Å². The zero-order chi connectivity index (χ0) is 18.4. The molecular weight excluding hydrogens is 318 g/mol. The summed E-state index contributed by atoms with van der Waals surface area (Å²) in [6, 6.07) is 8.93. The number of rotatable bonds is 5. The van der Waals surface area contributed by atoms with Gasteiger partial charge in [-0.2, -0.15) is 0 Å². The lowest BCUT2D eigenvalue weighted by atomic mass is 9.97. The molecule has 0 aromatic heterocycles. The van der Waals surface area contributed by atoms with Crippen molar-refractivity contribution >= 4 is 12.0 Å². The van der Waals surface area contributed by atoms with Crippen molar-refractivity contribution in [1.82, 2.24) is 10.2 Å². The van der Waals surface area contributed by atoms with E-state index in [-0.39, 0.29) is 12.0 Å². The number of likely N-dealkylation sites (tertiary alicyclic amines) is 1. The van der Waals surface area contributed by atoms with E-state index in [4.69, 9.17) is 10.5 Å². The quantitative estimate of drug-likeness (QED) is 0.857. The van der Waals surface area contributed by atoms with Crippen molar-refractivity contribution in [2.24, 2.45) is 11.7 Å². The highest BCUT2D eigenvalue weighted by Gasteiger charge is 2.28. The van der Waals surface area contributed by atoms with Crippen LogP contribution in [0.1, 0.15) is 45.2 Å². The predicted octanol–water partition coefficient (Wildman–Crippen LogP) is 2.45. The molecule has 0 bridgehead atoms. The van der Waals surface area contributed by atoms with Crippen LogP contribution in [-0.4, -0.2) is 42.1 Å². The Kier molecular flexibility index (Phi) is 6.42. The van der Waals surface area contributed by atoms with E-state index < -0.39 is 17.6 Å². The first-order chi connectivity index (χ1) is 11.8. The number of amides is 2. The third kappa shape index (κ3) is 6.05. The largest absolute Gasteiger partial charge is 0.444 e. The molecule has 0 spiro atoms. The van der Waals surface area contributed by atoms with Gasteiger partial charge in [-0.3, -0.25) is 4.79 Å². The first-order valence-electron chi connectivity index (χ1n) is 8.82. The van der Waals surface area contributed by atoms with E-state index in [9.17, 15) is 9.59 Å². The molecule has 1 fully saturated rings. The number of nitrogens with zero attached hydrogens (tertiary/aromatic N) is 1. The van der Waals surface area contributed by atoms with E-state index in [1.807, 2.05) is 51.1 Å². The van der Waals surface area contributed by atoms with Gasteiger partial charge >= 0.3 is 6.09 Å². The molecule has 6 nitrogen and oxygen atoms in total. The van der Waals surface area contributed by atoms with Crippen LogP contribution in [0.4, 0.5) is 4.79 Å². The number of nitrogens with two attached hydrogens (primary N) is 1. The molecule has 0 saturated carbocycles. The number of nitrogens with one attached hydrogen (secondary N) is 1. The zero-order valence-electron chi connectivity index (χ0n) is 15.3. The number of benzene rings is 1. The third-order valence-electron chi connectivity index (χ3n) is 4.20. The van der Waals surface area contributed by atoms with Gasteiger partial charge in [0.15, 0.2) is 0 Å². The minimum Gasteiger partial charge on any atom is -0.444 e.